The molecule has 0 aliphatic rings. The van der Waals surface area contributed by atoms with Gasteiger partial charge in [-0.3, -0.25) is 9.59 Å². The van der Waals surface area contributed by atoms with Crippen LogP contribution in [-0.2, 0) is 19.1 Å². The first-order valence-electron chi connectivity index (χ1n) is 18.5. The smallest absolute Gasteiger partial charge is 0.305 e. The van der Waals surface area contributed by atoms with Gasteiger partial charge in [0.25, 0.3) is 0 Å². The number of rotatable bonds is 33. The SMILES string of the molecule is CCCCCCCCCCCCCCCCCCC(=O)OC[C@@H](O)COC(=O)CCCCCCCCCCC(C)CC. The summed E-state index contributed by atoms with van der Waals surface area (Å²) < 4.78 is 10.3. The number of carbonyl (C=O) groups is 2. The minimum Gasteiger partial charge on any atom is -0.463 e. The Labute approximate surface area is 261 Å². The molecule has 1 N–H and O–H groups in total. The molecule has 0 rings (SSSR count). The molecule has 0 amide bonds. The van der Waals surface area contributed by atoms with Gasteiger partial charge in [-0.25, -0.2) is 0 Å². The van der Waals surface area contributed by atoms with E-state index in [1.54, 1.807) is 0 Å². The molecule has 0 saturated carbocycles. The van der Waals surface area contributed by atoms with Crippen molar-refractivity contribution in [1.29, 1.82) is 0 Å². The molecule has 0 aromatic carbocycles. The number of aliphatic hydroxyl groups is 1. The van der Waals surface area contributed by atoms with E-state index in [-0.39, 0.29) is 25.2 Å². The van der Waals surface area contributed by atoms with Crippen molar-refractivity contribution < 1.29 is 24.2 Å². The van der Waals surface area contributed by atoms with Gasteiger partial charge < -0.3 is 14.6 Å². The average Bonchev–Trinajstić information content (AvgIpc) is 2.99. The van der Waals surface area contributed by atoms with Crippen LogP contribution in [-0.4, -0.2) is 36.4 Å². The molecule has 0 aromatic heterocycles. The Hall–Kier alpha value is -1.10. The zero-order chi connectivity index (χ0) is 30.9. The van der Waals surface area contributed by atoms with Crippen LogP contribution in [0.4, 0.5) is 0 Å². The van der Waals surface area contributed by atoms with Crippen molar-refractivity contribution in [1.82, 2.24) is 0 Å². The van der Waals surface area contributed by atoms with E-state index in [4.69, 9.17) is 9.47 Å². The predicted molar refractivity (Wildman–Crippen MR) is 178 cm³/mol. The van der Waals surface area contributed by atoms with Crippen molar-refractivity contribution in [3.63, 3.8) is 0 Å². The lowest BCUT2D eigenvalue weighted by atomic mass is 9.99. The van der Waals surface area contributed by atoms with Crippen LogP contribution in [0.15, 0.2) is 0 Å². The minimum absolute atomic E-state index is 0.109. The molecule has 0 aliphatic heterocycles. The lowest BCUT2D eigenvalue weighted by Gasteiger charge is -2.12. The summed E-state index contributed by atoms with van der Waals surface area (Å²) >= 11 is 0. The third kappa shape index (κ3) is 31.8. The first-order chi connectivity index (χ1) is 20.5. The molecule has 0 saturated heterocycles. The fourth-order valence-electron chi connectivity index (χ4n) is 5.42. The Bertz CT molecular complexity index is 579. The van der Waals surface area contributed by atoms with E-state index in [0.29, 0.717) is 12.8 Å². The van der Waals surface area contributed by atoms with Crippen LogP contribution < -0.4 is 0 Å². The van der Waals surface area contributed by atoms with Crippen LogP contribution in [0, 0.1) is 5.92 Å². The average molecular weight is 597 g/mol. The summed E-state index contributed by atoms with van der Waals surface area (Å²) in [5.74, 6) is 0.305. The standard InChI is InChI=1S/C37H72O5/c1-4-6-7-8-9-10-11-12-13-14-15-16-17-21-24-27-30-36(39)41-32-35(38)33-42-37(40)31-28-25-22-19-18-20-23-26-29-34(3)5-2/h34-35,38H,4-33H2,1-3H3/t34?,35-/m1/s1. The summed E-state index contributed by atoms with van der Waals surface area (Å²) in [6.45, 7) is 6.66. The Balaban J connectivity index is 3.40. The largest absolute Gasteiger partial charge is 0.463 e. The Morgan fingerprint density at radius 3 is 1.14 bits per heavy atom. The number of hydrogen-bond acceptors (Lipinski definition) is 5. The third-order valence-electron chi connectivity index (χ3n) is 8.63. The Morgan fingerprint density at radius 1 is 0.500 bits per heavy atom. The molecule has 0 fully saturated rings. The van der Waals surface area contributed by atoms with Crippen molar-refractivity contribution in [2.75, 3.05) is 13.2 Å². The molecule has 0 heterocycles. The third-order valence-corrected chi connectivity index (χ3v) is 8.63. The maximum absolute atomic E-state index is 11.9. The molecule has 42 heavy (non-hydrogen) atoms. The zero-order valence-electron chi connectivity index (χ0n) is 28.4. The van der Waals surface area contributed by atoms with E-state index in [1.807, 2.05) is 0 Å². The van der Waals surface area contributed by atoms with E-state index in [9.17, 15) is 14.7 Å². The van der Waals surface area contributed by atoms with Crippen LogP contribution in [0.1, 0.15) is 201 Å². The highest BCUT2D eigenvalue weighted by Crippen LogP contribution is 2.16. The van der Waals surface area contributed by atoms with Gasteiger partial charge in [0.05, 0.1) is 0 Å². The van der Waals surface area contributed by atoms with Crippen LogP contribution >= 0.6 is 0 Å². The second kappa shape index (κ2) is 32.8. The van der Waals surface area contributed by atoms with Crippen molar-refractivity contribution in [3.05, 3.63) is 0 Å². The summed E-state index contributed by atoms with van der Waals surface area (Å²) in [4.78, 5) is 23.8. The fourth-order valence-corrected chi connectivity index (χ4v) is 5.42. The predicted octanol–water partition coefficient (Wildman–Crippen LogP) is 11.0. The molecule has 5 heteroatoms. The lowest BCUT2D eigenvalue weighted by Crippen LogP contribution is -2.25. The molecule has 0 aromatic rings. The summed E-state index contributed by atoms with van der Waals surface area (Å²) in [5, 5.41) is 9.98. The maximum Gasteiger partial charge on any atom is 0.305 e. The van der Waals surface area contributed by atoms with Gasteiger partial charge in [0.15, 0.2) is 0 Å². The molecule has 1 unspecified atom stereocenters. The number of esters is 2. The molecule has 2 atom stereocenters. The Kier molecular flexibility index (Phi) is 31.9. The lowest BCUT2D eigenvalue weighted by molar-refractivity contribution is -0.152. The molecular weight excluding hydrogens is 524 g/mol. The van der Waals surface area contributed by atoms with E-state index >= 15 is 0 Å². The van der Waals surface area contributed by atoms with E-state index < -0.39 is 6.10 Å². The quantitative estimate of drug-likeness (QED) is 0.0602. The van der Waals surface area contributed by atoms with Gasteiger partial charge in [-0.1, -0.05) is 175 Å². The second-order valence-electron chi connectivity index (χ2n) is 13.0. The van der Waals surface area contributed by atoms with Gasteiger partial charge in [0, 0.05) is 12.8 Å². The fraction of sp³-hybridized carbons (Fsp3) is 0.946. The number of hydrogen-bond donors (Lipinski definition) is 1. The van der Waals surface area contributed by atoms with Gasteiger partial charge in [-0.05, 0) is 18.8 Å². The normalized spacial score (nSPS) is 12.8. The number of unbranched alkanes of at least 4 members (excludes halogenated alkanes) is 22. The second-order valence-corrected chi connectivity index (χ2v) is 13.0. The molecule has 0 bridgehead atoms. The molecule has 0 spiro atoms. The first-order valence-corrected chi connectivity index (χ1v) is 18.5. The topological polar surface area (TPSA) is 72.8 Å². The van der Waals surface area contributed by atoms with Gasteiger partial charge >= 0.3 is 11.9 Å². The van der Waals surface area contributed by atoms with Gasteiger partial charge in [-0.15, -0.1) is 0 Å². The molecule has 0 radical (unpaired) electrons. The van der Waals surface area contributed by atoms with E-state index in [2.05, 4.69) is 20.8 Å². The summed E-state index contributed by atoms with van der Waals surface area (Å²) in [7, 11) is 0. The van der Waals surface area contributed by atoms with Crippen molar-refractivity contribution in [3.8, 4) is 0 Å². The number of carbonyl (C=O) groups excluding carboxylic acids is 2. The monoisotopic (exact) mass is 597 g/mol. The summed E-state index contributed by atoms with van der Waals surface area (Å²) in [6, 6.07) is 0. The van der Waals surface area contributed by atoms with Gasteiger partial charge in [0.2, 0.25) is 0 Å². The molecule has 5 nitrogen and oxygen atoms in total. The van der Waals surface area contributed by atoms with E-state index in [1.165, 1.54) is 135 Å². The number of ether oxygens (including phenoxy) is 2. The summed E-state index contributed by atoms with van der Waals surface area (Å²) in [5.41, 5.74) is 0. The van der Waals surface area contributed by atoms with Crippen molar-refractivity contribution >= 4 is 11.9 Å². The highest BCUT2D eigenvalue weighted by Gasteiger charge is 2.12. The highest BCUT2D eigenvalue weighted by atomic mass is 16.6. The Morgan fingerprint density at radius 2 is 0.810 bits per heavy atom. The molecule has 0 aliphatic carbocycles. The molecular formula is C37H72O5. The van der Waals surface area contributed by atoms with Crippen LogP contribution in [0.5, 0.6) is 0 Å². The first kappa shape index (κ1) is 40.9. The van der Waals surface area contributed by atoms with Gasteiger partial charge in [-0.2, -0.15) is 0 Å². The minimum atomic E-state index is -0.955. The number of aliphatic hydroxyl groups excluding tert-OH is 1. The van der Waals surface area contributed by atoms with Gasteiger partial charge in [0.1, 0.15) is 19.3 Å². The highest BCUT2D eigenvalue weighted by molar-refractivity contribution is 5.69. The summed E-state index contributed by atoms with van der Waals surface area (Å²) in [6.07, 6.45) is 32.9. The van der Waals surface area contributed by atoms with Crippen LogP contribution in [0.2, 0.25) is 0 Å². The maximum atomic E-state index is 11.9. The van der Waals surface area contributed by atoms with Crippen molar-refractivity contribution in [2.45, 2.75) is 207 Å². The van der Waals surface area contributed by atoms with Crippen molar-refractivity contribution in [2.24, 2.45) is 5.92 Å². The molecule has 250 valence electrons. The van der Waals surface area contributed by atoms with Crippen LogP contribution in [0.25, 0.3) is 0 Å². The van der Waals surface area contributed by atoms with Crippen LogP contribution in [0.3, 0.4) is 0 Å². The van der Waals surface area contributed by atoms with E-state index in [0.717, 1.165) is 38.0 Å². The zero-order valence-corrected chi connectivity index (χ0v) is 28.4.